The average Bonchev–Trinajstić information content (AvgIpc) is 2.65. The van der Waals surface area contributed by atoms with Gasteiger partial charge in [-0.2, -0.15) is 9.98 Å². The number of hydrogen-bond acceptors (Lipinski definition) is 4. The van der Waals surface area contributed by atoms with Crippen molar-refractivity contribution in [3.63, 3.8) is 0 Å². The molecule has 7 heteroatoms. The van der Waals surface area contributed by atoms with E-state index < -0.39 is 0 Å². The predicted molar refractivity (Wildman–Crippen MR) is 70.9 cm³/mol. The Morgan fingerprint density at radius 3 is 2.88 bits per heavy atom. The summed E-state index contributed by atoms with van der Waals surface area (Å²) in [6.07, 6.45) is 1.60. The van der Waals surface area contributed by atoms with Gasteiger partial charge in [0.2, 0.25) is 0 Å². The zero-order valence-corrected chi connectivity index (χ0v) is 11.3. The average molecular weight is 330 g/mol. The van der Waals surface area contributed by atoms with Gasteiger partial charge in [-0.3, -0.25) is 0 Å². The highest BCUT2D eigenvalue weighted by Gasteiger charge is 2.07. The number of imidazole rings is 1. The molecule has 0 saturated carbocycles. The number of nitrogens with zero attached hydrogens (tertiary/aromatic N) is 5. The van der Waals surface area contributed by atoms with E-state index in [-0.39, 0.29) is 0 Å². The second-order valence-corrected chi connectivity index (χ2v) is 4.49. The summed E-state index contributed by atoms with van der Waals surface area (Å²) in [4.78, 5) is 21.8. The van der Waals surface area contributed by atoms with Gasteiger partial charge in [0.15, 0.2) is 5.65 Å². The Labute approximate surface area is 106 Å². The van der Waals surface area contributed by atoms with Gasteiger partial charge in [0, 0.05) is 14.1 Å². The summed E-state index contributed by atoms with van der Waals surface area (Å²) in [6.45, 7) is 1.91. The first-order chi connectivity index (χ1) is 7.58. The number of H-pyrrole nitrogens is 1. The molecule has 0 aliphatic heterocycles. The highest BCUT2D eigenvalue weighted by molar-refractivity contribution is 14.1. The van der Waals surface area contributed by atoms with Crippen LogP contribution in [-0.4, -0.2) is 44.8 Å². The summed E-state index contributed by atoms with van der Waals surface area (Å²) in [5.74, 6) is 1.29. The lowest BCUT2D eigenvalue weighted by Crippen LogP contribution is -2.18. The largest absolute Gasteiger partial charge is 0.366 e. The molecule has 0 fully saturated rings. The first kappa shape index (κ1) is 11.2. The molecule has 2 aromatic rings. The van der Waals surface area contributed by atoms with Crippen molar-refractivity contribution in [1.82, 2.24) is 24.8 Å². The fourth-order valence-electron chi connectivity index (χ4n) is 1.08. The highest BCUT2D eigenvalue weighted by atomic mass is 127. The van der Waals surface area contributed by atoms with E-state index in [4.69, 9.17) is 0 Å². The Balaban J connectivity index is 2.50. The van der Waals surface area contributed by atoms with Crippen LogP contribution in [0.25, 0.3) is 11.2 Å². The van der Waals surface area contributed by atoms with Gasteiger partial charge in [-0.25, -0.2) is 9.97 Å². The molecule has 2 heterocycles. The molecular formula is C9H11IN6. The lowest BCUT2D eigenvalue weighted by Gasteiger charge is -2.10. The summed E-state index contributed by atoms with van der Waals surface area (Å²) in [7, 11) is 3.85. The molecule has 0 amide bonds. The fraction of sp³-hybridized carbons (Fsp3) is 0.333. The lowest BCUT2D eigenvalue weighted by atomic mass is 10.5. The van der Waals surface area contributed by atoms with E-state index in [9.17, 15) is 0 Å². The predicted octanol–water partition coefficient (Wildman–Crippen LogP) is 1.57. The van der Waals surface area contributed by atoms with Gasteiger partial charge in [-0.15, -0.1) is 0 Å². The molecule has 0 aliphatic rings. The summed E-state index contributed by atoms with van der Waals surface area (Å²) < 4.78 is 0.824. The second kappa shape index (κ2) is 4.32. The minimum absolute atomic E-state index is 0.440. The van der Waals surface area contributed by atoms with E-state index in [0.29, 0.717) is 11.6 Å². The first-order valence-corrected chi connectivity index (χ1v) is 5.75. The van der Waals surface area contributed by atoms with E-state index in [2.05, 4.69) is 47.5 Å². The number of fused-ring (bicyclic) bond motifs is 1. The van der Waals surface area contributed by atoms with Crippen molar-refractivity contribution in [1.29, 1.82) is 0 Å². The van der Waals surface area contributed by atoms with Crippen LogP contribution >= 0.6 is 22.6 Å². The molecule has 16 heavy (non-hydrogen) atoms. The minimum atomic E-state index is 0.440. The summed E-state index contributed by atoms with van der Waals surface area (Å²) in [5, 5.41) is 0. The van der Waals surface area contributed by atoms with Gasteiger partial charge in [0.25, 0.3) is 5.95 Å². The van der Waals surface area contributed by atoms with Gasteiger partial charge in [0.1, 0.15) is 15.1 Å². The van der Waals surface area contributed by atoms with Crippen LogP contribution in [0.2, 0.25) is 0 Å². The Kier molecular flexibility index (Phi) is 3.03. The summed E-state index contributed by atoms with van der Waals surface area (Å²) >= 11 is 2.14. The van der Waals surface area contributed by atoms with Crippen LogP contribution in [-0.2, 0) is 0 Å². The molecule has 6 nitrogen and oxygen atoms in total. The van der Waals surface area contributed by atoms with Gasteiger partial charge < -0.3 is 9.88 Å². The molecule has 0 atom stereocenters. The SMILES string of the molecule is CC(=Nc1nc(I)c2[nH]cnc2n1)N(C)C. The zero-order valence-electron chi connectivity index (χ0n) is 9.19. The Morgan fingerprint density at radius 2 is 2.19 bits per heavy atom. The van der Waals surface area contributed by atoms with Crippen LogP contribution in [0.4, 0.5) is 5.95 Å². The number of aromatic nitrogens is 4. The number of aromatic amines is 1. The Bertz CT molecular complexity index is 544. The van der Waals surface area contributed by atoms with Crippen molar-refractivity contribution in [3.8, 4) is 0 Å². The maximum Gasteiger partial charge on any atom is 0.254 e. The number of aliphatic imine (C=N–C) groups is 1. The minimum Gasteiger partial charge on any atom is -0.366 e. The van der Waals surface area contributed by atoms with Crippen molar-refractivity contribution < 1.29 is 0 Å². The van der Waals surface area contributed by atoms with Crippen LogP contribution in [0.5, 0.6) is 0 Å². The fourth-order valence-corrected chi connectivity index (χ4v) is 1.69. The molecule has 0 saturated heterocycles. The maximum absolute atomic E-state index is 4.31. The molecule has 84 valence electrons. The van der Waals surface area contributed by atoms with Crippen molar-refractivity contribution in [2.24, 2.45) is 4.99 Å². The van der Waals surface area contributed by atoms with E-state index >= 15 is 0 Å². The second-order valence-electron chi connectivity index (χ2n) is 3.47. The first-order valence-electron chi connectivity index (χ1n) is 4.67. The summed E-state index contributed by atoms with van der Waals surface area (Å²) in [6, 6.07) is 0. The number of halogens is 1. The molecule has 1 N–H and O–H groups in total. The standard InChI is InChI=1S/C9H11IN6/c1-5(16(2)3)13-9-14-7(10)6-8(15-9)12-4-11-6/h4H,1-3H3,(H,11,12,14,15). The molecule has 0 spiro atoms. The van der Waals surface area contributed by atoms with E-state index in [1.807, 2.05) is 25.9 Å². The van der Waals surface area contributed by atoms with Crippen molar-refractivity contribution >= 4 is 45.5 Å². The van der Waals surface area contributed by atoms with Gasteiger partial charge >= 0.3 is 0 Å². The van der Waals surface area contributed by atoms with E-state index in [0.717, 1.165) is 15.1 Å². The third-order valence-electron chi connectivity index (χ3n) is 2.14. The highest BCUT2D eigenvalue weighted by Crippen LogP contribution is 2.17. The van der Waals surface area contributed by atoms with Crippen LogP contribution in [0.15, 0.2) is 11.3 Å². The normalized spacial score (nSPS) is 12.1. The topological polar surface area (TPSA) is 70.1 Å². The van der Waals surface area contributed by atoms with Gasteiger partial charge in [-0.1, -0.05) is 0 Å². The van der Waals surface area contributed by atoms with Gasteiger partial charge in [0.05, 0.1) is 6.33 Å². The number of nitrogens with one attached hydrogen (secondary N) is 1. The smallest absolute Gasteiger partial charge is 0.254 e. The summed E-state index contributed by atoms with van der Waals surface area (Å²) in [5.41, 5.74) is 1.49. The number of rotatable bonds is 1. The van der Waals surface area contributed by atoms with Crippen LogP contribution in [0, 0.1) is 3.70 Å². The quantitative estimate of drug-likeness (QED) is 0.373. The van der Waals surface area contributed by atoms with Crippen LogP contribution < -0.4 is 0 Å². The van der Waals surface area contributed by atoms with Crippen LogP contribution in [0.1, 0.15) is 6.92 Å². The van der Waals surface area contributed by atoms with E-state index in [1.165, 1.54) is 0 Å². The monoisotopic (exact) mass is 330 g/mol. The van der Waals surface area contributed by atoms with Crippen molar-refractivity contribution in [2.75, 3.05) is 14.1 Å². The molecule has 2 rings (SSSR count). The maximum atomic E-state index is 4.31. The molecule has 0 aliphatic carbocycles. The Hall–Kier alpha value is -1.25. The van der Waals surface area contributed by atoms with Crippen molar-refractivity contribution in [2.45, 2.75) is 6.92 Å². The lowest BCUT2D eigenvalue weighted by molar-refractivity contribution is 0.618. The van der Waals surface area contributed by atoms with Gasteiger partial charge in [-0.05, 0) is 29.5 Å². The third kappa shape index (κ3) is 2.13. The molecular weight excluding hydrogens is 319 g/mol. The van der Waals surface area contributed by atoms with Crippen molar-refractivity contribution in [3.05, 3.63) is 10.0 Å². The van der Waals surface area contributed by atoms with Crippen LogP contribution in [0.3, 0.4) is 0 Å². The number of hydrogen-bond donors (Lipinski definition) is 1. The number of amidine groups is 1. The van der Waals surface area contributed by atoms with E-state index in [1.54, 1.807) is 6.33 Å². The third-order valence-corrected chi connectivity index (χ3v) is 2.92. The Morgan fingerprint density at radius 1 is 1.44 bits per heavy atom. The molecule has 0 unspecified atom stereocenters. The molecule has 2 aromatic heterocycles. The molecule has 0 aromatic carbocycles. The molecule has 0 radical (unpaired) electrons. The zero-order chi connectivity index (χ0) is 11.7. The molecule has 0 bridgehead atoms.